The smallest absolute Gasteiger partial charge is 0.159 e. The molecular formula is C19H28O. The first-order valence-electron chi connectivity index (χ1n) is 8.62. The molecular weight excluding hydrogens is 244 g/mol. The van der Waals surface area contributed by atoms with Crippen LogP contribution < -0.4 is 0 Å². The van der Waals surface area contributed by atoms with Crippen LogP contribution >= 0.6 is 0 Å². The van der Waals surface area contributed by atoms with Crippen molar-refractivity contribution < 1.29 is 4.79 Å². The summed E-state index contributed by atoms with van der Waals surface area (Å²) in [6, 6.07) is 0. The zero-order valence-corrected chi connectivity index (χ0v) is 13.1. The normalized spacial score (nSPS) is 49.5. The molecule has 0 amide bonds. The van der Waals surface area contributed by atoms with E-state index >= 15 is 0 Å². The van der Waals surface area contributed by atoms with Gasteiger partial charge in [-0.2, -0.15) is 0 Å². The molecule has 0 aliphatic heterocycles. The van der Waals surface area contributed by atoms with Crippen molar-refractivity contribution in [1.29, 1.82) is 0 Å². The standard InChI is InChI=1S/C19H28O/c1-17-7-14-8-18(2,11-17)13-19(9-14,12-17)10-16(20)15-5-3-4-6-15/h5,14H,3-4,6-13H2,1-2H3. The van der Waals surface area contributed by atoms with Gasteiger partial charge in [0.15, 0.2) is 5.78 Å². The van der Waals surface area contributed by atoms with Crippen LogP contribution in [0.15, 0.2) is 11.6 Å². The molecule has 0 spiro atoms. The lowest BCUT2D eigenvalue weighted by Crippen LogP contribution is -2.55. The molecule has 4 bridgehead atoms. The Morgan fingerprint density at radius 2 is 1.85 bits per heavy atom. The Morgan fingerprint density at radius 3 is 2.40 bits per heavy atom. The molecule has 2 unspecified atom stereocenters. The van der Waals surface area contributed by atoms with Gasteiger partial charge in [0.2, 0.25) is 0 Å². The lowest BCUT2D eigenvalue weighted by atomic mass is 9.39. The number of carbonyl (C=O) groups is 1. The average molecular weight is 272 g/mol. The number of rotatable bonds is 3. The monoisotopic (exact) mass is 272 g/mol. The summed E-state index contributed by atoms with van der Waals surface area (Å²) in [5.74, 6) is 1.41. The van der Waals surface area contributed by atoms with Gasteiger partial charge in [0.25, 0.3) is 0 Å². The first kappa shape index (κ1) is 13.1. The van der Waals surface area contributed by atoms with E-state index in [0.717, 1.165) is 30.8 Å². The molecule has 4 fully saturated rings. The molecule has 0 aromatic carbocycles. The van der Waals surface area contributed by atoms with Crippen molar-refractivity contribution >= 4 is 5.78 Å². The molecule has 20 heavy (non-hydrogen) atoms. The molecule has 0 saturated heterocycles. The van der Waals surface area contributed by atoms with Crippen LogP contribution in [0, 0.1) is 22.2 Å². The summed E-state index contributed by atoms with van der Waals surface area (Å²) in [4.78, 5) is 12.7. The van der Waals surface area contributed by atoms with Crippen LogP contribution in [0.4, 0.5) is 0 Å². The molecule has 110 valence electrons. The van der Waals surface area contributed by atoms with Gasteiger partial charge in [0.1, 0.15) is 0 Å². The van der Waals surface area contributed by atoms with Crippen molar-refractivity contribution in [3.05, 3.63) is 11.6 Å². The maximum Gasteiger partial charge on any atom is 0.159 e. The summed E-state index contributed by atoms with van der Waals surface area (Å²) >= 11 is 0. The quantitative estimate of drug-likeness (QED) is 0.702. The van der Waals surface area contributed by atoms with Gasteiger partial charge in [-0.3, -0.25) is 4.79 Å². The predicted molar refractivity (Wildman–Crippen MR) is 81.4 cm³/mol. The Bertz CT molecular complexity index is 468. The van der Waals surface area contributed by atoms with Gasteiger partial charge in [-0.15, -0.1) is 0 Å². The maximum atomic E-state index is 12.7. The summed E-state index contributed by atoms with van der Waals surface area (Å²) in [6.45, 7) is 5.01. The molecule has 0 radical (unpaired) electrons. The van der Waals surface area contributed by atoms with E-state index in [2.05, 4.69) is 19.9 Å². The summed E-state index contributed by atoms with van der Waals surface area (Å²) in [6.07, 6.45) is 14.7. The first-order valence-corrected chi connectivity index (χ1v) is 8.62. The average Bonchev–Trinajstić information content (AvgIpc) is 2.75. The minimum absolute atomic E-state index is 0.365. The van der Waals surface area contributed by atoms with Gasteiger partial charge >= 0.3 is 0 Å². The Balaban J connectivity index is 1.59. The number of carbonyl (C=O) groups excluding carboxylic acids is 1. The molecule has 5 aliphatic carbocycles. The second-order valence-electron chi connectivity index (χ2n) is 9.35. The second kappa shape index (κ2) is 3.99. The van der Waals surface area contributed by atoms with Crippen LogP contribution in [-0.2, 0) is 4.79 Å². The van der Waals surface area contributed by atoms with E-state index in [9.17, 15) is 4.79 Å². The highest BCUT2D eigenvalue weighted by Crippen LogP contribution is 2.70. The third-order valence-electron chi connectivity index (χ3n) is 6.68. The molecule has 0 heterocycles. The molecule has 5 rings (SSSR count). The summed E-state index contributed by atoms with van der Waals surface area (Å²) in [5.41, 5.74) is 2.61. The highest BCUT2D eigenvalue weighted by molar-refractivity contribution is 5.96. The molecule has 1 nitrogen and oxygen atoms in total. The first-order chi connectivity index (χ1) is 9.40. The molecule has 0 aromatic rings. The van der Waals surface area contributed by atoms with Gasteiger partial charge in [-0.1, -0.05) is 19.9 Å². The Kier molecular flexibility index (Phi) is 2.61. The number of allylic oxidation sites excluding steroid dienone is 2. The summed E-state index contributed by atoms with van der Waals surface area (Å²) in [7, 11) is 0. The topological polar surface area (TPSA) is 17.1 Å². The van der Waals surface area contributed by atoms with E-state index in [1.165, 1.54) is 44.9 Å². The van der Waals surface area contributed by atoms with Crippen LogP contribution in [0.1, 0.15) is 78.1 Å². The lowest BCUT2D eigenvalue weighted by Gasteiger charge is -2.65. The van der Waals surface area contributed by atoms with E-state index in [4.69, 9.17) is 0 Å². The van der Waals surface area contributed by atoms with Crippen molar-refractivity contribution in [2.45, 2.75) is 78.1 Å². The molecule has 2 atom stereocenters. The van der Waals surface area contributed by atoms with Crippen LogP contribution in [-0.4, -0.2) is 5.78 Å². The third kappa shape index (κ3) is 2.00. The van der Waals surface area contributed by atoms with Crippen molar-refractivity contribution in [3.63, 3.8) is 0 Å². The van der Waals surface area contributed by atoms with Crippen molar-refractivity contribution in [2.75, 3.05) is 0 Å². The molecule has 4 saturated carbocycles. The van der Waals surface area contributed by atoms with Crippen molar-refractivity contribution in [3.8, 4) is 0 Å². The van der Waals surface area contributed by atoms with Crippen LogP contribution in [0.2, 0.25) is 0 Å². The third-order valence-corrected chi connectivity index (χ3v) is 6.68. The van der Waals surface area contributed by atoms with Gasteiger partial charge < -0.3 is 0 Å². The summed E-state index contributed by atoms with van der Waals surface area (Å²) < 4.78 is 0. The predicted octanol–water partition coefficient (Wildman–Crippen LogP) is 5.05. The number of hydrogen-bond donors (Lipinski definition) is 0. The lowest BCUT2D eigenvalue weighted by molar-refractivity contribution is -0.153. The van der Waals surface area contributed by atoms with Gasteiger partial charge in [-0.05, 0) is 85.5 Å². The van der Waals surface area contributed by atoms with Crippen LogP contribution in [0.5, 0.6) is 0 Å². The van der Waals surface area contributed by atoms with E-state index in [1.807, 2.05) is 0 Å². The van der Waals surface area contributed by atoms with E-state index in [0.29, 0.717) is 22.0 Å². The number of Topliss-reactive ketones (excluding diaryl/α,β-unsaturated/α-hetero) is 1. The Labute approximate surface area is 123 Å². The zero-order valence-electron chi connectivity index (χ0n) is 13.1. The molecule has 0 aromatic heterocycles. The van der Waals surface area contributed by atoms with E-state index in [-0.39, 0.29) is 0 Å². The van der Waals surface area contributed by atoms with Gasteiger partial charge in [0, 0.05) is 6.42 Å². The fourth-order valence-corrected chi connectivity index (χ4v) is 7.26. The van der Waals surface area contributed by atoms with Crippen LogP contribution in [0.25, 0.3) is 0 Å². The molecule has 5 aliphatic rings. The Hall–Kier alpha value is -0.590. The Morgan fingerprint density at radius 1 is 1.15 bits per heavy atom. The number of hydrogen-bond acceptors (Lipinski definition) is 1. The fourth-order valence-electron chi connectivity index (χ4n) is 7.26. The second-order valence-corrected chi connectivity index (χ2v) is 9.35. The van der Waals surface area contributed by atoms with Gasteiger partial charge in [-0.25, -0.2) is 0 Å². The largest absolute Gasteiger partial charge is 0.295 e. The molecule has 0 N–H and O–H groups in total. The number of ketones is 1. The minimum atomic E-state index is 0.365. The minimum Gasteiger partial charge on any atom is -0.295 e. The zero-order chi connectivity index (χ0) is 14.0. The van der Waals surface area contributed by atoms with Crippen molar-refractivity contribution in [1.82, 2.24) is 0 Å². The fraction of sp³-hybridized carbons (Fsp3) is 0.842. The molecule has 1 heteroatoms. The maximum absolute atomic E-state index is 12.7. The van der Waals surface area contributed by atoms with Crippen molar-refractivity contribution in [2.24, 2.45) is 22.2 Å². The SMILES string of the molecule is CC12CC3CC(C)(C1)CC(CC(=O)C1=CCCC1)(C3)C2. The summed E-state index contributed by atoms with van der Waals surface area (Å²) in [5, 5.41) is 0. The van der Waals surface area contributed by atoms with E-state index in [1.54, 1.807) is 0 Å². The highest BCUT2D eigenvalue weighted by atomic mass is 16.1. The van der Waals surface area contributed by atoms with E-state index < -0.39 is 0 Å². The highest BCUT2D eigenvalue weighted by Gasteiger charge is 2.60. The van der Waals surface area contributed by atoms with Gasteiger partial charge in [0.05, 0.1) is 0 Å². The van der Waals surface area contributed by atoms with Crippen LogP contribution in [0.3, 0.4) is 0 Å².